The lowest BCUT2D eigenvalue weighted by Crippen LogP contribution is -2.53. The van der Waals surface area contributed by atoms with Crippen LogP contribution in [0.3, 0.4) is 0 Å². The van der Waals surface area contributed by atoms with Gasteiger partial charge in [-0.2, -0.15) is 0 Å². The van der Waals surface area contributed by atoms with Gasteiger partial charge in [-0.25, -0.2) is 0 Å². The third kappa shape index (κ3) is 5.79. The highest BCUT2D eigenvalue weighted by Gasteiger charge is 2.41. The molecule has 0 heterocycles. The summed E-state index contributed by atoms with van der Waals surface area (Å²) >= 11 is 0. The zero-order valence-electron chi connectivity index (χ0n) is 16.4. The molecule has 144 valence electrons. The molecular weight excluding hydrogens is 330 g/mol. The van der Waals surface area contributed by atoms with Crippen LogP contribution in [0.25, 0.3) is 0 Å². The Bertz CT molecular complexity index is 687. The third-order valence-corrected chi connectivity index (χ3v) is 6.09. The molecule has 0 bridgehead atoms. The third-order valence-electron chi connectivity index (χ3n) is 6.09. The molecule has 1 saturated carbocycles. The highest BCUT2D eigenvalue weighted by molar-refractivity contribution is 5.19. The summed E-state index contributed by atoms with van der Waals surface area (Å²) in [7, 11) is 0. The summed E-state index contributed by atoms with van der Waals surface area (Å²) in [6, 6.07) is 21.3. The number of hydrogen-bond donors (Lipinski definition) is 2. The second-order valence-corrected chi connectivity index (χ2v) is 8.16. The van der Waals surface area contributed by atoms with Gasteiger partial charge in [0.15, 0.2) is 0 Å². The minimum atomic E-state index is -0.532. The Kier molecular flexibility index (Phi) is 6.87. The Morgan fingerprint density at radius 2 is 1.48 bits per heavy atom. The summed E-state index contributed by atoms with van der Waals surface area (Å²) < 4.78 is 0. The number of nitrogens with one attached hydrogen (secondary N) is 1. The lowest BCUT2D eigenvalue weighted by molar-refractivity contribution is -0.0277. The van der Waals surface area contributed by atoms with Crippen molar-refractivity contribution in [2.24, 2.45) is 0 Å². The lowest BCUT2D eigenvalue weighted by atomic mass is 9.70. The fourth-order valence-corrected chi connectivity index (χ4v) is 4.31. The van der Waals surface area contributed by atoms with Crippen LogP contribution in [-0.4, -0.2) is 22.8 Å². The highest BCUT2D eigenvalue weighted by atomic mass is 16.3. The molecule has 2 nitrogen and oxygen atoms in total. The largest absolute Gasteiger partial charge is 0.390 e. The van der Waals surface area contributed by atoms with Gasteiger partial charge in [-0.05, 0) is 69.0 Å². The topological polar surface area (TPSA) is 32.3 Å². The standard InChI is InChI=1S/C25H33NO/c1-2-3-20-26-24(21-23-12-8-5-9-13-23)16-18-25(27,19-17-24)15-14-22-10-6-4-7-11-22/h2,4-13,26-27H,1,3,14-21H2. The van der Waals surface area contributed by atoms with Crippen molar-refractivity contribution in [3.05, 3.63) is 84.4 Å². The lowest BCUT2D eigenvalue weighted by Gasteiger charge is -2.45. The molecule has 27 heavy (non-hydrogen) atoms. The van der Waals surface area contributed by atoms with E-state index < -0.39 is 5.60 Å². The normalized spacial score (nSPS) is 25.2. The predicted molar refractivity (Wildman–Crippen MR) is 114 cm³/mol. The van der Waals surface area contributed by atoms with Crippen molar-refractivity contribution in [2.45, 2.75) is 62.5 Å². The van der Waals surface area contributed by atoms with Crippen LogP contribution in [0, 0.1) is 0 Å². The van der Waals surface area contributed by atoms with E-state index >= 15 is 0 Å². The maximum atomic E-state index is 11.2. The smallest absolute Gasteiger partial charge is 0.0652 e. The molecule has 2 aromatic rings. The van der Waals surface area contributed by atoms with Gasteiger partial charge in [-0.15, -0.1) is 6.58 Å². The van der Waals surface area contributed by atoms with E-state index in [4.69, 9.17) is 0 Å². The minimum Gasteiger partial charge on any atom is -0.390 e. The van der Waals surface area contributed by atoms with E-state index in [1.165, 1.54) is 11.1 Å². The molecule has 3 rings (SSSR count). The van der Waals surface area contributed by atoms with Crippen molar-refractivity contribution in [1.29, 1.82) is 0 Å². The van der Waals surface area contributed by atoms with Gasteiger partial charge < -0.3 is 10.4 Å². The maximum Gasteiger partial charge on any atom is 0.0652 e. The zero-order chi connectivity index (χ0) is 19.0. The SMILES string of the molecule is C=CCCNC1(Cc2ccccc2)CCC(O)(CCc2ccccc2)CC1. The van der Waals surface area contributed by atoms with E-state index in [1.807, 2.05) is 12.1 Å². The van der Waals surface area contributed by atoms with E-state index in [0.717, 1.165) is 57.9 Å². The summed E-state index contributed by atoms with van der Waals surface area (Å²) in [5.74, 6) is 0. The summed E-state index contributed by atoms with van der Waals surface area (Å²) in [6.07, 6.45) is 9.56. The second kappa shape index (κ2) is 9.34. The van der Waals surface area contributed by atoms with Crippen molar-refractivity contribution in [3.63, 3.8) is 0 Å². The first-order valence-electron chi connectivity index (χ1n) is 10.3. The summed E-state index contributed by atoms with van der Waals surface area (Å²) in [5, 5.41) is 15.0. The van der Waals surface area contributed by atoms with Crippen LogP contribution in [0.2, 0.25) is 0 Å². The molecule has 0 aliphatic heterocycles. The quantitative estimate of drug-likeness (QED) is 0.481. The van der Waals surface area contributed by atoms with Crippen LogP contribution in [0.15, 0.2) is 73.3 Å². The first-order chi connectivity index (χ1) is 13.1. The van der Waals surface area contributed by atoms with Crippen molar-refractivity contribution >= 4 is 0 Å². The van der Waals surface area contributed by atoms with E-state index in [1.54, 1.807) is 0 Å². The van der Waals surface area contributed by atoms with Gasteiger partial charge in [0.2, 0.25) is 0 Å². The van der Waals surface area contributed by atoms with Gasteiger partial charge in [-0.3, -0.25) is 0 Å². The monoisotopic (exact) mass is 363 g/mol. The summed E-state index contributed by atoms with van der Waals surface area (Å²) in [6.45, 7) is 4.80. The van der Waals surface area contributed by atoms with Crippen LogP contribution >= 0.6 is 0 Å². The molecule has 0 atom stereocenters. The van der Waals surface area contributed by atoms with Gasteiger partial charge in [0, 0.05) is 5.54 Å². The van der Waals surface area contributed by atoms with Crippen LogP contribution in [0.1, 0.15) is 49.7 Å². The summed E-state index contributed by atoms with van der Waals surface area (Å²) in [4.78, 5) is 0. The van der Waals surface area contributed by atoms with Gasteiger partial charge in [0.05, 0.1) is 5.60 Å². The van der Waals surface area contributed by atoms with Crippen molar-refractivity contribution < 1.29 is 5.11 Å². The van der Waals surface area contributed by atoms with Gasteiger partial charge in [-0.1, -0.05) is 66.7 Å². The number of rotatable bonds is 9. The molecule has 0 radical (unpaired) electrons. The molecule has 0 spiro atoms. The molecule has 0 amide bonds. The minimum absolute atomic E-state index is 0.0866. The number of aliphatic hydroxyl groups is 1. The second-order valence-electron chi connectivity index (χ2n) is 8.16. The van der Waals surface area contributed by atoms with Crippen molar-refractivity contribution in [2.75, 3.05) is 6.54 Å². The van der Waals surface area contributed by atoms with E-state index in [2.05, 4.69) is 66.5 Å². The van der Waals surface area contributed by atoms with Crippen molar-refractivity contribution in [1.82, 2.24) is 5.32 Å². The first kappa shape index (κ1) is 19.9. The molecule has 1 aliphatic rings. The molecule has 1 aliphatic carbocycles. The van der Waals surface area contributed by atoms with Crippen LogP contribution in [0.4, 0.5) is 0 Å². The molecule has 2 heteroatoms. The molecule has 0 unspecified atom stereocenters. The summed E-state index contributed by atoms with van der Waals surface area (Å²) in [5.41, 5.74) is 2.24. The van der Waals surface area contributed by atoms with Gasteiger partial charge >= 0.3 is 0 Å². The van der Waals surface area contributed by atoms with Gasteiger partial charge in [0.25, 0.3) is 0 Å². The van der Waals surface area contributed by atoms with Crippen LogP contribution in [-0.2, 0) is 12.8 Å². The Morgan fingerprint density at radius 1 is 0.889 bits per heavy atom. The molecule has 2 N–H and O–H groups in total. The molecule has 2 aromatic carbocycles. The fourth-order valence-electron chi connectivity index (χ4n) is 4.31. The highest BCUT2D eigenvalue weighted by Crippen LogP contribution is 2.39. The first-order valence-corrected chi connectivity index (χ1v) is 10.3. The number of hydrogen-bond acceptors (Lipinski definition) is 2. The van der Waals surface area contributed by atoms with E-state index in [9.17, 15) is 5.11 Å². The Hall–Kier alpha value is -1.90. The van der Waals surface area contributed by atoms with Crippen LogP contribution < -0.4 is 5.32 Å². The fraction of sp³-hybridized carbons (Fsp3) is 0.440. The average Bonchev–Trinajstić information content (AvgIpc) is 2.71. The molecule has 1 fully saturated rings. The number of aryl methyl sites for hydroxylation is 1. The number of benzene rings is 2. The predicted octanol–water partition coefficient (Wildman–Crippen LogP) is 5.07. The van der Waals surface area contributed by atoms with E-state index in [0.29, 0.717) is 0 Å². The molecule has 0 aromatic heterocycles. The molecular formula is C25H33NO. The Labute approximate surface area is 164 Å². The van der Waals surface area contributed by atoms with E-state index in [-0.39, 0.29) is 5.54 Å². The zero-order valence-corrected chi connectivity index (χ0v) is 16.4. The average molecular weight is 364 g/mol. The Balaban J connectivity index is 1.62. The Morgan fingerprint density at radius 3 is 2.07 bits per heavy atom. The van der Waals surface area contributed by atoms with Crippen molar-refractivity contribution in [3.8, 4) is 0 Å². The molecule has 0 saturated heterocycles. The van der Waals surface area contributed by atoms with Crippen LogP contribution in [0.5, 0.6) is 0 Å². The van der Waals surface area contributed by atoms with Gasteiger partial charge in [0.1, 0.15) is 0 Å². The maximum absolute atomic E-state index is 11.2.